The SMILES string of the molecule is O=C(NCC(c1ccc(Cl)cc1)N1CCCCC1)c1cc2ccccc2oc1=O. The number of rotatable bonds is 5. The van der Waals surface area contributed by atoms with Crippen LogP contribution >= 0.6 is 11.6 Å². The molecule has 0 aliphatic carbocycles. The van der Waals surface area contributed by atoms with E-state index in [9.17, 15) is 9.59 Å². The molecule has 3 aromatic rings. The Morgan fingerprint density at radius 3 is 2.55 bits per heavy atom. The molecule has 1 unspecified atom stereocenters. The number of likely N-dealkylation sites (tertiary alicyclic amines) is 1. The predicted molar refractivity (Wildman–Crippen MR) is 114 cm³/mol. The maximum Gasteiger partial charge on any atom is 0.349 e. The number of carbonyl (C=O) groups excluding carboxylic acids is 1. The van der Waals surface area contributed by atoms with Gasteiger partial charge >= 0.3 is 5.63 Å². The highest BCUT2D eigenvalue weighted by atomic mass is 35.5. The van der Waals surface area contributed by atoms with Gasteiger partial charge in [-0.05, 0) is 55.8 Å². The second-order valence-corrected chi connectivity index (χ2v) is 7.80. The highest BCUT2D eigenvalue weighted by molar-refractivity contribution is 6.30. The summed E-state index contributed by atoms with van der Waals surface area (Å²) >= 11 is 6.05. The van der Waals surface area contributed by atoms with E-state index in [-0.39, 0.29) is 11.6 Å². The summed E-state index contributed by atoms with van der Waals surface area (Å²) in [6, 6.07) is 16.5. The topological polar surface area (TPSA) is 62.6 Å². The van der Waals surface area contributed by atoms with Crippen LogP contribution in [0.3, 0.4) is 0 Å². The summed E-state index contributed by atoms with van der Waals surface area (Å²) in [7, 11) is 0. The van der Waals surface area contributed by atoms with Crippen molar-refractivity contribution in [3.8, 4) is 0 Å². The molecule has 4 rings (SSSR count). The molecule has 1 aromatic heterocycles. The molecule has 0 radical (unpaired) electrons. The quantitative estimate of drug-likeness (QED) is 0.633. The van der Waals surface area contributed by atoms with Crippen LogP contribution < -0.4 is 10.9 Å². The molecule has 1 atom stereocenters. The van der Waals surface area contributed by atoms with E-state index in [2.05, 4.69) is 10.2 Å². The molecule has 0 saturated carbocycles. The zero-order valence-corrected chi connectivity index (χ0v) is 16.8. The second-order valence-electron chi connectivity index (χ2n) is 7.36. The van der Waals surface area contributed by atoms with Crippen molar-refractivity contribution in [2.24, 2.45) is 0 Å². The van der Waals surface area contributed by atoms with Gasteiger partial charge in [0.2, 0.25) is 0 Å². The highest BCUT2D eigenvalue weighted by Gasteiger charge is 2.24. The number of hydrogen-bond donors (Lipinski definition) is 1. The standard InChI is InChI=1S/C23H23ClN2O3/c24-18-10-8-16(9-11-18)20(26-12-4-1-5-13-26)15-25-22(27)19-14-17-6-2-3-7-21(17)29-23(19)28/h2-3,6-11,14,20H,1,4-5,12-13,15H2,(H,25,27). The summed E-state index contributed by atoms with van der Waals surface area (Å²) < 4.78 is 5.29. The van der Waals surface area contributed by atoms with E-state index in [1.54, 1.807) is 18.2 Å². The summed E-state index contributed by atoms with van der Waals surface area (Å²) in [5, 5.41) is 4.35. The van der Waals surface area contributed by atoms with Gasteiger partial charge in [0.1, 0.15) is 11.1 Å². The molecule has 0 spiro atoms. The van der Waals surface area contributed by atoms with E-state index in [1.165, 1.54) is 6.42 Å². The smallest absolute Gasteiger partial charge is 0.349 e. The molecule has 1 fully saturated rings. The lowest BCUT2D eigenvalue weighted by atomic mass is 10.0. The number of fused-ring (bicyclic) bond motifs is 1. The number of para-hydroxylation sites is 1. The molecule has 1 aliphatic rings. The zero-order chi connectivity index (χ0) is 20.2. The van der Waals surface area contributed by atoms with E-state index in [1.807, 2.05) is 36.4 Å². The van der Waals surface area contributed by atoms with Gasteiger partial charge in [-0.1, -0.05) is 48.4 Å². The Kier molecular flexibility index (Phi) is 5.97. The van der Waals surface area contributed by atoms with Crippen molar-refractivity contribution < 1.29 is 9.21 Å². The van der Waals surface area contributed by atoms with Crippen LogP contribution in [-0.4, -0.2) is 30.4 Å². The Hall–Kier alpha value is -2.63. The lowest BCUT2D eigenvalue weighted by Gasteiger charge is -2.35. The minimum Gasteiger partial charge on any atom is -0.422 e. The van der Waals surface area contributed by atoms with Gasteiger partial charge in [0.15, 0.2) is 0 Å². The molecule has 0 bridgehead atoms. The summed E-state index contributed by atoms with van der Waals surface area (Å²) in [5.74, 6) is -0.416. The van der Waals surface area contributed by atoms with Crippen molar-refractivity contribution in [3.63, 3.8) is 0 Å². The fourth-order valence-electron chi connectivity index (χ4n) is 3.88. The van der Waals surface area contributed by atoms with E-state index in [0.29, 0.717) is 17.2 Å². The summed E-state index contributed by atoms with van der Waals surface area (Å²) in [6.45, 7) is 2.38. The van der Waals surface area contributed by atoms with Crippen LogP contribution in [0.4, 0.5) is 0 Å². The Bertz CT molecular complexity index is 1060. The molecular weight excluding hydrogens is 388 g/mol. The average Bonchev–Trinajstić information content (AvgIpc) is 2.75. The van der Waals surface area contributed by atoms with Gasteiger partial charge in [0.25, 0.3) is 5.91 Å². The third-order valence-electron chi connectivity index (χ3n) is 5.43. The first kappa shape index (κ1) is 19.7. The maximum absolute atomic E-state index is 12.8. The second kappa shape index (κ2) is 8.80. The van der Waals surface area contributed by atoms with Crippen LogP contribution in [0.5, 0.6) is 0 Å². The van der Waals surface area contributed by atoms with Crippen molar-refractivity contribution in [1.82, 2.24) is 10.2 Å². The van der Waals surface area contributed by atoms with Crippen molar-refractivity contribution in [2.45, 2.75) is 25.3 Å². The van der Waals surface area contributed by atoms with E-state index < -0.39 is 11.5 Å². The monoisotopic (exact) mass is 410 g/mol. The Morgan fingerprint density at radius 1 is 1.07 bits per heavy atom. The third-order valence-corrected chi connectivity index (χ3v) is 5.68. The number of nitrogens with zero attached hydrogens (tertiary/aromatic N) is 1. The Morgan fingerprint density at radius 2 is 1.79 bits per heavy atom. The summed E-state index contributed by atoms with van der Waals surface area (Å²) in [6.07, 6.45) is 3.52. The van der Waals surface area contributed by atoms with Gasteiger partial charge in [0, 0.05) is 17.0 Å². The van der Waals surface area contributed by atoms with E-state index >= 15 is 0 Å². The Balaban J connectivity index is 1.55. The predicted octanol–water partition coefficient (Wildman–Crippen LogP) is 4.40. The molecular formula is C23H23ClN2O3. The number of nitrogens with one attached hydrogen (secondary N) is 1. The number of hydrogen-bond acceptors (Lipinski definition) is 4. The lowest BCUT2D eigenvalue weighted by molar-refractivity contribution is 0.0921. The van der Waals surface area contributed by atoms with Crippen molar-refractivity contribution in [3.05, 3.63) is 81.2 Å². The largest absolute Gasteiger partial charge is 0.422 e. The minimum atomic E-state index is -0.623. The van der Waals surface area contributed by atoms with Gasteiger partial charge in [0.05, 0.1) is 6.04 Å². The minimum absolute atomic E-state index is 0.0252. The number of benzene rings is 2. The normalized spacial score (nSPS) is 15.9. The first-order valence-electron chi connectivity index (χ1n) is 9.92. The Labute approximate surface area is 174 Å². The molecule has 1 saturated heterocycles. The van der Waals surface area contributed by atoms with Gasteiger partial charge in [-0.3, -0.25) is 9.69 Å². The van der Waals surface area contributed by atoms with Crippen LogP contribution in [0, 0.1) is 0 Å². The van der Waals surface area contributed by atoms with Gasteiger partial charge in [-0.15, -0.1) is 0 Å². The number of halogens is 1. The summed E-state index contributed by atoms with van der Waals surface area (Å²) in [4.78, 5) is 27.4. The first-order chi connectivity index (χ1) is 14.1. The zero-order valence-electron chi connectivity index (χ0n) is 16.1. The van der Waals surface area contributed by atoms with Gasteiger partial charge in [-0.25, -0.2) is 4.79 Å². The van der Waals surface area contributed by atoms with Crippen LogP contribution in [0.2, 0.25) is 5.02 Å². The van der Waals surface area contributed by atoms with Crippen molar-refractivity contribution >= 4 is 28.5 Å². The molecule has 29 heavy (non-hydrogen) atoms. The highest BCUT2D eigenvalue weighted by Crippen LogP contribution is 2.25. The maximum atomic E-state index is 12.8. The van der Waals surface area contributed by atoms with E-state index in [0.717, 1.165) is 36.9 Å². The first-order valence-corrected chi connectivity index (χ1v) is 10.3. The van der Waals surface area contributed by atoms with Gasteiger partial charge in [-0.2, -0.15) is 0 Å². The van der Waals surface area contributed by atoms with Crippen LogP contribution in [0.25, 0.3) is 11.0 Å². The third kappa shape index (κ3) is 4.52. The van der Waals surface area contributed by atoms with Gasteiger partial charge < -0.3 is 9.73 Å². The number of carbonyl (C=O) groups is 1. The molecule has 1 amide bonds. The molecule has 2 heterocycles. The van der Waals surface area contributed by atoms with E-state index in [4.69, 9.17) is 16.0 Å². The number of piperidine rings is 1. The molecule has 2 aromatic carbocycles. The summed E-state index contributed by atoms with van der Waals surface area (Å²) in [5.41, 5.74) is 0.975. The molecule has 1 N–H and O–H groups in total. The fourth-order valence-corrected chi connectivity index (χ4v) is 4.00. The lowest BCUT2D eigenvalue weighted by Crippen LogP contribution is -2.41. The van der Waals surface area contributed by atoms with Crippen LogP contribution in [0.15, 0.2) is 63.8 Å². The molecule has 5 nitrogen and oxygen atoms in total. The molecule has 150 valence electrons. The average molecular weight is 411 g/mol. The van der Waals surface area contributed by atoms with Crippen molar-refractivity contribution in [2.75, 3.05) is 19.6 Å². The van der Waals surface area contributed by atoms with Crippen LogP contribution in [-0.2, 0) is 0 Å². The van der Waals surface area contributed by atoms with Crippen LogP contribution in [0.1, 0.15) is 41.2 Å². The number of amides is 1. The molecule has 1 aliphatic heterocycles. The van der Waals surface area contributed by atoms with Crippen molar-refractivity contribution in [1.29, 1.82) is 0 Å². The fraction of sp³-hybridized carbons (Fsp3) is 0.304. The molecule has 6 heteroatoms.